The predicted molar refractivity (Wildman–Crippen MR) is 99.9 cm³/mol. The Morgan fingerprint density at radius 2 is 1.80 bits per heavy atom. The number of benzene rings is 1. The lowest BCUT2D eigenvalue weighted by atomic mass is 10.1. The largest absolute Gasteiger partial charge is 0.367 e. The highest BCUT2D eigenvalue weighted by atomic mass is 35.5. The normalized spacial score (nSPS) is 15.4. The molecular weight excluding hydrogens is 368 g/mol. The van der Waals surface area contributed by atoms with Crippen molar-refractivity contribution >= 4 is 30.5 Å². The lowest BCUT2D eigenvalue weighted by molar-refractivity contribution is 0.214. The smallest absolute Gasteiger partial charge is 0.240 e. The van der Waals surface area contributed by atoms with Crippen molar-refractivity contribution in [3.63, 3.8) is 0 Å². The van der Waals surface area contributed by atoms with Crippen LogP contribution >= 0.6 is 24.8 Å². The van der Waals surface area contributed by atoms with E-state index in [1.165, 1.54) is 6.07 Å². The molecular formula is C16H24Cl2FN5O. The maximum absolute atomic E-state index is 13.8. The molecule has 2 N–H and O–H groups in total. The van der Waals surface area contributed by atoms with Crippen molar-refractivity contribution in [3.05, 3.63) is 41.8 Å². The fourth-order valence-electron chi connectivity index (χ4n) is 2.63. The molecule has 9 heteroatoms. The third kappa shape index (κ3) is 5.28. The number of aromatic nitrogens is 2. The fraction of sp³-hybridized carbons (Fsp3) is 0.500. The first-order valence-corrected chi connectivity index (χ1v) is 7.77. The Hall–Kier alpha value is -1.41. The van der Waals surface area contributed by atoms with Crippen LogP contribution in [0, 0.1) is 5.82 Å². The van der Waals surface area contributed by atoms with Gasteiger partial charge in [0.2, 0.25) is 5.89 Å². The Morgan fingerprint density at radius 1 is 1.16 bits per heavy atom. The van der Waals surface area contributed by atoms with Crippen LogP contribution in [0.15, 0.2) is 28.8 Å². The van der Waals surface area contributed by atoms with Gasteiger partial charge in [0.05, 0.1) is 17.8 Å². The summed E-state index contributed by atoms with van der Waals surface area (Å²) in [4.78, 5) is 8.63. The van der Waals surface area contributed by atoms with E-state index in [0.29, 0.717) is 23.9 Å². The minimum absolute atomic E-state index is 0. The van der Waals surface area contributed by atoms with Crippen LogP contribution in [0.2, 0.25) is 0 Å². The number of hydrogen-bond donors (Lipinski definition) is 1. The fourth-order valence-corrected chi connectivity index (χ4v) is 2.63. The number of nitrogens with zero attached hydrogens (tertiary/aromatic N) is 4. The lowest BCUT2D eigenvalue weighted by Crippen LogP contribution is -2.46. The van der Waals surface area contributed by atoms with Crippen LogP contribution < -0.4 is 10.6 Å². The molecule has 25 heavy (non-hydrogen) atoms. The molecule has 0 radical (unpaired) electrons. The number of anilines is 1. The Balaban J connectivity index is 0.00000156. The molecule has 0 amide bonds. The molecule has 1 saturated heterocycles. The maximum atomic E-state index is 13.8. The van der Waals surface area contributed by atoms with Gasteiger partial charge in [-0.1, -0.05) is 17.3 Å². The first-order chi connectivity index (χ1) is 10.9. The Morgan fingerprint density at radius 3 is 2.36 bits per heavy atom. The van der Waals surface area contributed by atoms with Crippen molar-refractivity contribution in [1.82, 2.24) is 15.0 Å². The van der Waals surface area contributed by atoms with Crippen LogP contribution in [0.4, 0.5) is 10.1 Å². The summed E-state index contributed by atoms with van der Waals surface area (Å²) in [5.74, 6) is 0.906. The van der Waals surface area contributed by atoms with E-state index >= 15 is 0 Å². The van der Waals surface area contributed by atoms with Gasteiger partial charge >= 0.3 is 0 Å². The summed E-state index contributed by atoms with van der Waals surface area (Å²) in [6.45, 7) is 7.45. The Bertz CT molecular complexity index is 669. The second kappa shape index (κ2) is 8.80. The molecule has 2 heterocycles. The van der Waals surface area contributed by atoms with Gasteiger partial charge in [-0.05, 0) is 26.0 Å². The van der Waals surface area contributed by atoms with E-state index < -0.39 is 5.54 Å². The summed E-state index contributed by atoms with van der Waals surface area (Å²) in [6, 6.07) is 6.88. The van der Waals surface area contributed by atoms with Gasteiger partial charge in [-0.15, -0.1) is 24.8 Å². The summed E-state index contributed by atoms with van der Waals surface area (Å²) in [5.41, 5.74) is 6.02. The van der Waals surface area contributed by atoms with Gasteiger partial charge in [0.1, 0.15) is 5.82 Å². The topological polar surface area (TPSA) is 71.4 Å². The number of rotatable bonds is 4. The molecule has 6 nitrogen and oxygen atoms in total. The summed E-state index contributed by atoms with van der Waals surface area (Å²) < 4.78 is 19.1. The molecule has 0 bridgehead atoms. The van der Waals surface area contributed by atoms with Crippen LogP contribution in [0.5, 0.6) is 0 Å². The summed E-state index contributed by atoms with van der Waals surface area (Å²) in [6.07, 6.45) is 0. The van der Waals surface area contributed by atoms with Crippen molar-refractivity contribution < 1.29 is 8.91 Å². The second-order valence-electron chi connectivity index (χ2n) is 6.45. The van der Waals surface area contributed by atoms with Gasteiger partial charge in [0.25, 0.3) is 0 Å². The highest BCUT2D eigenvalue weighted by Crippen LogP contribution is 2.21. The first kappa shape index (κ1) is 21.6. The van der Waals surface area contributed by atoms with Crippen LogP contribution in [0.1, 0.15) is 25.6 Å². The van der Waals surface area contributed by atoms with Gasteiger partial charge in [-0.3, -0.25) is 4.90 Å². The van der Waals surface area contributed by atoms with E-state index in [1.807, 2.05) is 26.0 Å². The Kier molecular flexibility index (Phi) is 7.62. The molecule has 2 aromatic rings. The van der Waals surface area contributed by atoms with E-state index in [2.05, 4.69) is 19.9 Å². The van der Waals surface area contributed by atoms with Gasteiger partial charge in [0, 0.05) is 26.2 Å². The summed E-state index contributed by atoms with van der Waals surface area (Å²) in [5, 5.41) is 3.93. The first-order valence-electron chi connectivity index (χ1n) is 7.77. The molecule has 1 aromatic carbocycles. The molecule has 140 valence electrons. The second-order valence-corrected chi connectivity index (χ2v) is 6.45. The molecule has 0 spiro atoms. The highest BCUT2D eigenvalue weighted by Gasteiger charge is 2.24. The molecule has 1 aromatic heterocycles. The molecule has 1 fully saturated rings. The number of hydrogen-bond acceptors (Lipinski definition) is 6. The molecule has 0 atom stereocenters. The van der Waals surface area contributed by atoms with E-state index in [0.717, 1.165) is 26.2 Å². The van der Waals surface area contributed by atoms with Crippen LogP contribution in [0.3, 0.4) is 0 Å². The number of para-hydroxylation sites is 1. The van der Waals surface area contributed by atoms with Gasteiger partial charge < -0.3 is 15.2 Å². The molecule has 3 rings (SSSR count). The number of nitrogens with two attached hydrogens (primary N) is 1. The standard InChI is InChI=1S/C16H22FN5O.2ClH/c1-16(2,18)15-19-14(23-20-15)11-21-7-9-22(10-8-21)13-6-4-3-5-12(13)17;;/h3-6H,7-11,18H2,1-2H3;2*1H. The SMILES string of the molecule is CC(C)(N)c1noc(CN2CCN(c3ccccc3F)CC2)n1.Cl.Cl. The van der Waals surface area contributed by atoms with Crippen LogP contribution in [-0.4, -0.2) is 41.2 Å². The van der Waals surface area contributed by atoms with Crippen LogP contribution in [-0.2, 0) is 12.1 Å². The minimum Gasteiger partial charge on any atom is -0.367 e. The Labute approximate surface area is 159 Å². The van der Waals surface area contributed by atoms with E-state index in [1.54, 1.807) is 6.07 Å². The quantitative estimate of drug-likeness (QED) is 0.863. The lowest BCUT2D eigenvalue weighted by Gasteiger charge is -2.35. The third-order valence-corrected chi connectivity index (χ3v) is 3.97. The zero-order valence-corrected chi connectivity index (χ0v) is 15.9. The van der Waals surface area contributed by atoms with Crippen molar-refractivity contribution in [2.45, 2.75) is 25.9 Å². The molecule has 0 saturated carbocycles. The van der Waals surface area contributed by atoms with Crippen molar-refractivity contribution in [3.8, 4) is 0 Å². The highest BCUT2D eigenvalue weighted by molar-refractivity contribution is 5.85. The van der Waals surface area contributed by atoms with Gasteiger partial charge in [-0.2, -0.15) is 4.98 Å². The van der Waals surface area contributed by atoms with Crippen LogP contribution in [0.25, 0.3) is 0 Å². The summed E-state index contributed by atoms with van der Waals surface area (Å²) in [7, 11) is 0. The van der Waals surface area contributed by atoms with Crippen molar-refractivity contribution in [2.24, 2.45) is 5.73 Å². The number of halogens is 3. The van der Waals surface area contributed by atoms with E-state index in [9.17, 15) is 4.39 Å². The molecule has 1 aliphatic heterocycles. The third-order valence-electron chi connectivity index (χ3n) is 3.97. The monoisotopic (exact) mass is 391 g/mol. The average molecular weight is 392 g/mol. The van der Waals surface area contributed by atoms with Gasteiger partial charge in [0.15, 0.2) is 5.82 Å². The van der Waals surface area contributed by atoms with E-state index in [-0.39, 0.29) is 30.6 Å². The molecule has 0 aliphatic carbocycles. The van der Waals surface area contributed by atoms with Crippen molar-refractivity contribution in [2.75, 3.05) is 31.1 Å². The zero-order chi connectivity index (χ0) is 16.4. The van der Waals surface area contributed by atoms with E-state index in [4.69, 9.17) is 10.3 Å². The average Bonchev–Trinajstić information content (AvgIpc) is 2.97. The minimum atomic E-state index is -0.606. The molecule has 0 unspecified atom stereocenters. The zero-order valence-electron chi connectivity index (χ0n) is 14.3. The maximum Gasteiger partial charge on any atom is 0.240 e. The molecule has 1 aliphatic rings. The van der Waals surface area contributed by atoms with Gasteiger partial charge in [-0.25, -0.2) is 4.39 Å². The van der Waals surface area contributed by atoms with Crippen molar-refractivity contribution in [1.29, 1.82) is 0 Å². The summed E-state index contributed by atoms with van der Waals surface area (Å²) >= 11 is 0. The predicted octanol–water partition coefficient (Wildman–Crippen LogP) is 2.57. The number of piperazine rings is 1.